The molecule has 0 bridgehead atoms. The van der Waals surface area contributed by atoms with Gasteiger partial charge in [-0.3, -0.25) is 5.32 Å². The first-order chi connectivity index (χ1) is 13.2. The molecule has 0 radical (unpaired) electrons. The maximum atomic E-state index is 12.3. The van der Waals surface area contributed by atoms with Crippen LogP contribution in [0.15, 0.2) is 71.6 Å². The van der Waals surface area contributed by atoms with Crippen LogP contribution in [0.4, 0.5) is 10.5 Å². The Morgan fingerprint density at radius 1 is 1.04 bits per heavy atom. The number of amides is 1. The van der Waals surface area contributed by atoms with Crippen molar-refractivity contribution in [2.24, 2.45) is 0 Å². The van der Waals surface area contributed by atoms with Crippen LogP contribution < -0.4 is 5.32 Å². The van der Waals surface area contributed by atoms with E-state index < -0.39 is 6.09 Å². The molecule has 4 nitrogen and oxygen atoms in total. The lowest BCUT2D eigenvalue weighted by atomic mass is 9.98. The van der Waals surface area contributed by atoms with Crippen molar-refractivity contribution >= 4 is 23.5 Å². The molecule has 0 unspecified atom stereocenters. The lowest BCUT2D eigenvalue weighted by molar-refractivity contribution is 0.158. The smallest absolute Gasteiger partial charge is 0.411 e. The Bertz CT molecular complexity index is 957. The lowest BCUT2D eigenvalue weighted by Gasteiger charge is -2.15. The highest BCUT2D eigenvalue weighted by atomic mass is 32.2. The number of rotatable bonds is 4. The maximum Gasteiger partial charge on any atom is 0.411 e. The molecular weight excluding hydrogens is 358 g/mol. The topological polar surface area (TPSA) is 58.6 Å². The molecule has 0 aliphatic heterocycles. The molecule has 4 rings (SSSR count). The molecular formula is C22H19NO3S. The average Bonchev–Trinajstić information content (AvgIpc) is 3.01. The van der Waals surface area contributed by atoms with Crippen LogP contribution in [0.1, 0.15) is 17.0 Å². The summed E-state index contributed by atoms with van der Waals surface area (Å²) in [5.74, 6) is 0.195. The number of aromatic hydroxyl groups is 1. The first kappa shape index (κ1) is 17.5. The van der Waals surface area contributed by atoms with Gasteiger partial charge in [-0.25, -0.2) is 4.79 Å². The Balaban J connectivity index is 1.50. The van der Waals surface area contributed by atoms with Gasteiger partial charge in [-0.15, -0.1) is 11.8 Å². The standard InChI is InChI=1S/C22H19NO3S/c1-27-21-12-14(24)10-11-20(21)23-22(25)26-13-19-17-8-4-2-6-15(17)16-7-3-5-9-18(16)19/h2-12,19,24H,13H2,1H3,(H,23,25). The number of ether oxygens (including phenoxy) is 1. The molecule has 0 spiro atoms. The van der Waals surface area contributed by atoms with Crippen LogP contribution in [-0.4, -0.2) is 24.1 Å². The van der Waals surface area contributed by atoms with Gasteiger partial charge in [0.2, 0.25) is 0 Å². The summed E-state index contributed by atoms with van der Waals surface area (Å²) in [6.07, 6.45) is 1.38. The zero-order chi connectivity index (χ0) is 18.8. The number of nitrogens with one attached hydrogen (secondary N) is 1. The zero-order valence-corrected chi connectivity index (χ0v) is 15.6. The summed E-state index contributed by atoms with van der Waals surface area (Å²) >= 11 is 1.45. The number of benzene rings is 3. The minimum atomic E-state index is -0.502. The van der Waals surface area contributed by atoms with Crippen LogP contribution in [0.25, 0.3) is 11.1 Å². The van der Waals surface area contributed by atoms with Crippen molar-refractivity contribution in [2.75, 3.05) is 18.2 Å². The Morgan fingerprint density at radius 3 is 2.30 bits per heavy atom. The predicted octanol–water partition coefficient (Wildman–Crippen LogP) is 5.48. The van der Waals surface area contributed by atoms with E-state index in [-0.39, 0.29) is 18.3 Å². The second-order valence-electron chi connectivity index (χ2n) is 6.34. The first-order valence-corrected chi connectivity index (χ1v) is 9.89. The second kappa shape index (κ2) is 7.37. The lowest BCUT2D eigenvalue weighted by Crippen LogP contribution is -2.18. The number of hydrogen-bond acceptors (Lipinski definition) is 4. The largest absolute Gasteiger partial charge is 0.508 e. The molecule has 3 aromatic carbocycles. The fourth-order valence-corrected chi connectivity index (χ4v) is 4.11. The minimum Gasteiger partial charge on any atom is -0.508 e. The number of anilines is 1. The van der Waals surface area contributed by atoms with Crippen molar-refractivity contribution in [1.29, 1.82) is 0 Å². The highest BCUT2D eigenvalue weighted by molar-refractivity contribution is 7.98. The summed E-state index contributed by atoms with van der Waals surface area (Å²) in [5.41, 5.74) is 5.38. The van der Waals surface area contributed by atoms with Gasteiger partial charge >= 0.3 is 6.09 Å². The monoisotopic (exact) mass is 377 g/mol. The fourth-order valence-electron chi connectivity index (χ4n) is 3.53. The molecule has 27 heavy (non-hydrogen) atoms. The minimum absolute atomic E-state index is 0.0305. The normalized spacial score (nSPS) is 12.3. The van der Waals surface area contributed by atoms with E-state index in [0.717, 1.165) is 4.90 Å². The summed E-state index contributed by atoms with van der Waals surface area (Å²) in [6, 6.07) is 21.3. The predicted molar refractivity (Wildman–Crippen MR) is 109 cm³/mol. The van der Waals surface area contributed by atoms with Crippen molar-refractivity contribution in [2.45, 2.75) is 10.8 Å². The first-order valence-electron chi connectivity index (χ1n) is 8.66. The van der Waals surface area contributed by atoms with Crippen LogP contribution in [0.3, 0.4) is 0 Å². The number of carbonyl (C=O) groups is 1. The summed E-state index contributed by atoms with van der Waals surface area (Å²) in [6.45, 7) is 0.270. The molecule has 0 heterocycles. The molecule has 2 N–H and O–H groups in total. The van der Waals surface area contributed by atoms with Crippen LogP contribution in [0.5, 0.6) is 5.75 Å². The van der Waals surface area contributed by atoms with Gasteiger partial charge in [-0.2, -0.15) is 0 Å². The number of phenols is 1. The van der Waals surface area contributed by atoms with Gasteiger partial charge in [0.1, 0.15) is 12.4 Å². The number of fused-ring (bicyclic) bond motifs is 3. The van der Waals surface area contributed by atoms with E-state index >= 15 is 0 Å². The quantitative estimate of drug-likeness (QED) is 0.467. The molecule has 136 valence electrons. The van der Waals surface area contributed by atoms with Gasteiger partial charge in [0.25, 0.3) is 0 Å². The molecule has 1 amide bonds. The third-order valence-electron chi connectivity index (χ3n) is 4.77. The fraction of sp³-hybridized carbons (Fsp3) is 0.136. The molecule has 1 aliphatic rings. The molecule has 5 heteroatoms. The van der Waals surface area contributed by atoms with Crippen LogP contribution in [-0.2, 0) is 4.74 Å². The van der Waals surface area contributed by atoms with E-state index in [4.69, 9.17) is 4.74 Å². The molecule has 1 aliphatic carbocycles. The summed E-state index contributed by atoms with van der Waals surface area (Å²) in [7, 11) is 0. The van der Waals surface area contributed by atoms with Crippen molar-refractivity contribution in [3.8, 4) is 16.9 Å². The summed E-state index contributed by atoms with van der Waals surface area (Å²) in [5, 5.41) is 12.3. The summed E-state index contributed by atoms with van der Waals surface area (Å²) < 4.78 is 5.55. The highest BCUT2D eigenvalue weighted by Crippen LogP contribution is 2.44. The highest BCUT2D eigenvalue weighted by Gasteiger charge is 2.29. The van der Waals surface area contributed by atoms with Crippen molar-refractivity contribution in [3.05, 3.63) is 77.9 Å². The maximum absolute atomic E-state index is 12.3. The van der Waals surface area contributed by atoms with E-state index in [2.05, 4.69) is 29.6 Å². The average molecular weight is 377 g/mol. The zero-order valence-electron chi connectivity index (χ0n) is 14.8. The van der Waals surface area contributed by atoms with E-state index in [9.17, 15) is 9.90 Å². The molecule has 0 aromatic heterocycles. The second-order valence-corrected chi connectivity index (χ2v) is 7.18. The Labute approximate surface area is 162 Å². The van der Waals surface area contributed by atoms with Gasteiger partial charge in [-0.05, 0) is 46.7 Å². The Kier molecular flexibility index (Phi) is 4.77. The van der Waals surface area contributed by atoms with Gasteiger partial charge in [0.05, 0.1) is 5.69 Å². The third-order valence-corrected chi connectivity index (χ3v) is 5.54. The van der Waals surface area contributed by atoms with Crippen LogP contribution in [0.2, 0.25) is 0 Å². The van der Waals surface area contributed by atoms with Gasteiger partial charge in [0.15, 0.2) is 0 Å². The van der Waals surface area contributed by atoms with Crippen molar-refractivity contribution in [1.82, 2.24) is 0 Å². The molecule has 0 saturated carbocycles. The molecule has 3 aromatic rings. The van der Waals surface area contributed by atoms with E-state index in [1.54, 1.807) is 18.2 Å². The SMILES string of the molecule is CSc1cc(O)ccc1NC(=O)OCC1c2ccccc2-c2ccccc21. The van der Waals surface area contributed by atoms with Gasteiger partial charge in [0, 0.05) is 10.8 Å². The van der Waals surface area contributed by atoms with E-state index in [1.807, 2.05) is 30.5 Å². The van der Waals surface area contributed by atoms with E-state index in [0.29, 0.717) is 5.69 Å². The van der Waals surface area contributed by atoms with Gasteiger partial charge < -0.3 is 9.84 Å². The van der Waals surface area contributed by atoms with Crippen molar-refractivity contribution < 1.29 is 14.6 Å². The number of thioether (sulfide) groups is 1. The van der Waals surface area contributed by atoms with Crippen LogP contribution >= 0.6 is 11.8 Å². The third kappa shape index (κ3) is 3.38. The van der Waals surface area contributed by atoms with Crippen LogP contribution in [0, 0.1) is 0 Å². The Hall–Kier alpha value is -2.92. The van der Waals surface area contributed by atoms with Gasteiger partial charge in [-0.1, -0.05) is 48.5 Å². The Morgan fingerprint density at radius 2 is 1.67 bits per heavy atom. The molecule has 0 fully saturated rings. The van der Waals surface area contributed by atoms with Crippen molar-refractivity contribution in [3.63, 3.8) is 0 Å². The molecule has 0 atom stereocenters. The number of phenolic OH excluding ortho intramolecular Hbond substituents is 1. The summed E-state index contributed by atoms with van der Waals surface area (Å²) in [4.78, 5) is 13.1. The number of hydrogen-bond donors (Lipinski definition) is 2. The number of carbonyl (C=O) groups excluding carboxylic acids is 1. The van der Waals surface area contributed by atoms with E-state index in [1.165, 1.54) is 34.0 Å². The molecule has 0 saturated heterocycles.